The van der Waals surface area contributed by atoms with E-state index in [4.69, 9.17) is 9.47 Å². The Bertz CT molecular complexity index is 822. The minimum atomic E-state index is -0.443. The highest BCUT2D eigenvalue weighted by atomic mass is 16.6. The van der Waals surface area contributed by atoms with Gasteiger partial charge in [-0.3, -0.25) is 14.9 Å². The standard InChI is InChI=1S/C20H24N2O5/c1-5-27-13-17-11-16(9-10-19(17)26-4)20(23)21(3)14(2)15-7-6-8-18(12-15)22(24)25/h6-12,14H,5,13H2,1-4H3/t14-/m0/s1. The number of amides is 1. The van der Waals surface area contributed by atoms with E-state index in [1.165, 1.54) is 12.1 Å². The van der Waals surface area contributed by atoms with Crippen molar-refractivity contribution in [1.82, 2.24) is 4.90 Å². The summed E-state index contributed by atoms with van der Waals surface area (Å²) < 4.78 is 10.8. The zero-order valence-electron chi connectivity index (χ0n) is 16.0. The van der Waals surface area contributed by atoms with Gasteiger partial charge in [-0.2, -0.15) is 0 Å². The van der Waals surface area contributed by atoms with Crippen LogP contribution in [0.15, 0.2) is 42.5 Å². The van der Waals surface area contributed by atoms with Crippen LogP contribution in [0, 0.1) is 10.1 Å². The van der Waals surface area contributed by atoms with E-state index in [1.54, 1.807) is 49.4 Å². The second kappa shape index (κ2) is 9.14. The highest BCUT2D eigenvalue weighted by Crippen LogP contribution is 2.26. The number of non-ortho nitro benzene ring substituents is 1. The fourth-order valence-electron chi connectivity index (χ4n) is 2.74. The Morgan fingerprint density at radius 3 is 2.63 bits per heavy atom. The normalized spacial score (nSPS) is 11.7. The number of nitro groups is 1. The van der Waals surface area contributed by atoms with Crippen LogP contribution in [0.25, 0.3) is 0 Å². The minimum absolute atomic E-state index is 0.00338. The summed E-state index contributed by atoms with van der Waals surface area (Å²) in [5.41, 5.74) is 2.00. The molecule has 0 fully saturated rings. The Balaban J connectivity index is 2.25. The Hall–Kier alpha value is -2.93. The summed E-state index contributed by atoms with van der Waals surface area (Å²) in [4.78, 5) is 25.0. The molecule has 0 aromatic heterocycles. The first-order valence-electron chi connectivity index (χ1n) is 8.65. The third-order valence-corrected chi connectivity index (χ3v) is 4.45. The number of rotatable bonds is 8. The molecule has 144 valence electrons. The summed E-state index contributed by atoms with van der Waals surface area (Å²) in [6.45, 7) is 4.65. The molecule has 0 radical (unpaired) electrons. The third kappa shape index (κ3) is 4.83. The third-order valence-electron chi connectivity index (χ3n) is 4.45. The zero-order chi connectivity index (χ0) is 20.0. The largest absolute Gasteiger partial charge is 0.496 e. The quantitative estimate of drug-likeness (QED) is 0.517. The van der Waals surface area contributed by atoms with Gasteiger partial charge in [-0.05, 0) is 37.6 Å². The van der Waals surface area contributed by atoms with Crippen molar-refractivity contribution in [2.75, 3.05) is 20.8 Å². The van der Waals surface area contributed by atoms with E-state index in [1.807, 2.05) is 13.8 Å². The number of nitrogens with zero attached hydrogens (tertiary/aromatic N) is 2. The summed E-state index contributed by atoms with van der Waals surface area (Å²) in [7, 11) is 3.25. The monoisotopic (exact) mass is 372 g/mol. The average molecular weight is 372 g/mol. The highest BCUT2D eigenvalue weighted by molar-refractivity contribution is 5.94. The van der Waals surface area contributed by atoms with Crippen molar-refractivity contribution >= 4 is 11.6 Å². The molecule has 0 aliphatic carbocycles. The van der Waals surface area contributed by atoms with Crippen LogP contribution < -0.4 is 4.74 Å². The van der Waals surface area contributed by atoms with Gasteiger partial charge < -0.3 is 14.4 Å². The van der Waals surface area contributed by atoms with E-state index >= 15 is 0 Å². The van der Waals surface area contributed by atoms with Crippen molar-refractivity contribution in [3.63, 3.8) is 0 Å². The van der Waals surface area contributed by atoms with Crippen LogP contribution in [0.5, 0.6) is 5.75 Å². The molecular formula is C20H24N2O5. The number of hydrogen-bond acceptors (Lipinski definition) is 5. The van der Waals surface area contributed by atoms with Crippen LogP contribution >= 0.6 is 0 Å². The molecule has 0 bridgehead atoms. The van der Waals surface area contributed by atoms with E-state index < -0.39 is 4.92 Å². The molecule has 7 nitrogen and oxygen atoms in total. The van der Waals surface area contributed by atoms with Crippen LogP contribution in [0.3, 0.4) is 0 Å². The van der Waals surface area contributed by atoms with Gasteiger partial charge in [0.05, 0.1) is 24.7 Å². The number of methoxy groups -OCH3 is 1. The molecule has 0 aliphatic heterocycles. The van der Waals surface area contributed by atoms with Crippen molar-refractivity contribution in [3.8, 4) is 5.75 Å². The maximum atomic E-state index is 12.9. The van der Waals surface area contributed by atoms with E-state index in [-0.39, 0.29) is 17.6 Å². The second-order valence-corrected chi connectivity index (χ2v) is 6.11. The zero-order valence-corrected chi connectivity index (χ0v) is 16.0. The highest BCUT2D eigenvalue weighted by Gasteiger charge is 2.21. The van der Waals surface area contributed by atoms with Gasteiger partial charge in [0, 0.05) is 36.9 Å². The Morgan fingerprint density at radius 1 is 1.26 bits per heavy atom. The van der Waals surface area contributed by atoms with Crippen molar-refractivity contribution in [1.29, 1.82) is 0 Å². The number of ether oxygens (including phenoxy) is 2. The number of benzene rings is 2. The smallest absolute Gasteiger partial charge is 0.269 e. The lowest BCUT2D eigenvalue weighted by Gasteiger charge is -2.25. The molecule has 0 saturated heterocycles. The predicted molar refractivity (Wildman–Crippen MR) is 102 cm³/mol. The Kier molecular flexibility index (Phi) is 6.90. The van der Waals surface area contributed by atoms with Crippen molar-refractivity contribution < 1.29 is 19.2 Å². The molecule has 0 saturated carbocycles. The lowest BCUT2D eigenvalue weighted by molar-refractivity contribution is -0.384. The van der Waals surface area contributed by atoms with Gasteiger partial charge in [0.25, 0.3) is 11.6 Å². The molecule has 7 heteroatoms. The molecule has 0 heterocycles. The summed E-state index contributed by atoms with van der Waals surface area (Å²) in [5.74, 6) is 0.476. The van der Waals surface area contributed by atoms with Crippen LogP contribution in [0.2, 0.25) is 0 Å². The van der Waals surface area contributed by atoms with Gasteiger partial charge in [-0.1, -0.05) is 12.1 Å². The molecule has 1 atom stereocenters. The van der Waals surface area contributed by atoms with Gasteiger partial charge in [0.15, 0.2) is 0 Å². The lowest BCUT2D eigenvalue weighted by atomic mass is 10.0. The van der Waals surface area contributed by atoms with Crippen molar-refractivity contribution in [3.05, 3.63) is 69.3 Å². The van der Waals surface area contributed by atoms with E-state index in [0.29, 0.717) is 30.1 Å². The summed E-state index contributed by atoms with van der Waals surface area (Å²) in [5, 5.41) is 11.0. The predicted octanol–water partition coefficient (Wildman–Crippen LogP) is 3.97. The Labute approximate surface area is 158 Å². The summed E-state index contributed by atoms with van der Waals surface area (Å²) in [6.07, 6.45) is 0. The summed E-state index contributed by atoms with van der Waals surface area (Å²) >= 11 is 0. The van der Waals surface area contributed by atoms with Gasteiger partial charge >= 0.3 is 0 Å². The average Bonchev–Trinajstić information content (AvgIpc) is 2.70. The van der Waals surface area contributed by atoms with Gasteiger partial charge in [0.2, 0.25) is 0 Å². The van der Waals surface area contributed by atoms with Crippen molar-refractivity contribution in [2.45, 2.75) is 26.5 Å². The molecular weight excluding hydrogens is 348 g/mol. The molecule has 0 N–H and O–H groups in total. The van der Waals surface area contributed by atoms with Gasteiger partial charge in [-0.25, -0.2) is 0 Å². The van der Waals surface area contributed by atoms with Crippen LogP contribution in [-0.4, -0.2) is 36.5 Å². The molecule has 2 rings (SSSR count). The first-order chi connectivity index (χ1) is 12.9. The first-order valence-corrected chi connectivity index (χ1v) is 8.65. The molecule has 2 aromatic carbocycles. The topological polar surface area (TPSA) is 81.9 Å². The number of carbonyl (C=O) groups excluding carboxylic acids is 1. The first kappa shape index (κ1) is 20.4. The molecule has 2 aromatic rings. The Morgan fingerprint density at radius 2 is 2.00 bits per heavy atom. The minimum Gasteiger partial charge on any atom is -0.496 e. The fourth-order valence-corrected chi connectivity index (χ4v) is 2.74. The lowest BCUT2D eigenvalue weighted by Crippen LogP contribution is -2.29. The number of nitro benzene ring substituents is 1. The maximum Gasteiger partial charge on any atom is 0.269 e. The molecule has 1 amide bonds. The fraction of sp³-hybridized carbons (Fsp3) is 0.350. The van der Waals surface area contributed by atoms with E-state index in [9.17, 15) is 14.9 Å². The van der Waals surface area contributed by atoms with E-state index in [2.05, 4.69) is 0 Å². The number of hydrogen-bond donors (Lipinski definition) is 0. The molecule has 0 aliphatic rings. The molecule has 0 unspecified atom stereocenters. The van der Waals surface area contributed by atoms with Crippen LogP contribution in [0.4, 0.5) is 5.69 Å². The van der Waals surface area contributed by atoms with Crippen LogP contribution in [0.1, 0.15) is 41.4 Å². The SMILES string of the molecule is CCOCc1cc(C(=O)N(C)[C@@H](C)c2cccc([N+](=O)[O-])c2)ccc1OC. The number of carbonyl (C=O) groups is 1. The van der Waals surface area contributed by atoms with Crippen LogP contribution in [-0.2, 0) is 11.3 Å². The molecule has 0 spiro atoms. The maximum absolute atomic E-state index is 12.9. The molecule has 27 heavy (non-hydrogen) atoms. The second-order valence-electron chi connectivity index (χ2n) is 6.11. The van der Waals surface area contributed by atoms with Gasteiger partial charge in [0.1, 0.15) is 5.75 Å². The van der Waals surface area contributed by atoms with Gasteiger partial charge in [-0.15, -0.1) is 0 Å². The summed E-state index contributed by atoms with van der Waals surface area (Å²) in [6, 6.07) is 11.2. The van der Waals surface area contributed by atoms with Crippen molar-refractivity contribution in [2.24, 2.45) is 0 Å². The van der Waals surface area contributed by atoms with E-state index in [0.717, 1.165) is 5.56 Å².